The number of aromatic nitrogens is 2. The van der Waals surface area contributed by atoms with Gasteiger partial charge in [0.2, 0.25) is 0 Å². The second-order valence-electron chi connectivity index (χ2n) is 4.21. The molecular weight excluding hydrogens is 246 g/mol. The highest BCUT2D eigenvalue weighted by atomic mass is 16.5. The summed E-state index contributed by atoms with van der Waals surface area (Å²) in [5, 5.41) is 13.3. The monoisotopic (exact) mass is 261 g/mol. The predicted octanol–water partition coefficient (Wildman–Crippen LogP) is 1.59. The molecule has 0 aliphatic rings. The van der Waals surface area contributed by atoms with E-state index in [-0.39, 0.29) is 23.6 Å². The summed E-state index contributed by atoms with van der Waals surface area (Å²) in [4.78, 5) is 11.1. The van der Waals surface area contributed by atoms with E-state index in [4.69, 9.17) is 15.6 Å². The Bertz CT molecular complexity index is 620. The first-order valence-electron chi connectivity index (χ1n) is 5.73. The number of nitrogens with two attached hydrogens (primary N) is 1. The number of aryl methyl sites for hydroxylation is 2. The van der Waals surface area contributed by atoms with Crippen molar-refractivity contribution in [2.75, 3.05) is 5.73 Å². The topological polar surface area (TPSA) is 90.4 Å². The minimum absolute atomic E-state index is 0.0126. The van der Waals surface area contributed by atoms with Crippen LogP contribution in [-0.2, 0) is 13.7 Å². The number of carboxylic acid groups (broad SMARTS) is 1. The fraction of sp³-hybridized carbons (Fsp3) is 0.231. The van der Waals surface area contributed by atoms with Gasteiger partial charge in [0.1, 0.15) is 17.9 Å². The molecule has 0 unspecified atom stereocenters. The van der Waals surface area contributed by atoms with Crippen molar-refractivity contribution in [3.63, 3.8) is 0 Å². The summed E-state index contributed by atoms with van der Waals surface area (Å²) in [6, 6.07) is 6.66. The predicted molar refractivity (Wildman–Crippen MR) is 70.1 cm³/mol. The molecule has 0 aliphatic heterocycles. The van der Waals surface area contributed by atoms with Gasteiger partial charge in [0.25, 0.3) is 0 Å². The largest absolute Gasteiger partial charge is 0.486 e. The van der Waals surface area contributed by atoms with Crippen LogP contribution in [0.25, 0.3) is 0 Å². The van der Waals surface area contributed by atoms with E-state index in [2.05, 4.69) is 5.10 Å². The van der Waals surface area contributed by atoms with Crippen molar-refractivity contribution in [3.8, 4) is 5.75 Å². The van der Waals surface area contributed by atoms with Gasteiger partial charge >= 0.3 is 5.97 Å². The molecule has 0 radical (unpaired) electrons. The van der Waals surface area contributed by atoms with Crippen LogP contribution in [0.3, 0.4) is 0 Å². The number of benzene rings is 1. The Morgan fingerprint density at radius 1 is 1.53 bits per heavy atom. The van der Waals surface area contributed by atoms with E-state index in [1.807, 2.05) is 20.0 Å². The summed E-state index contributed by atoms with van der Waals surface area (Å²) in [7, 11) is 1.81. The first-order valence-corrected chi connectivity index (χ1v) is 5.73. The first-order chi connectivity index (χ1) is 8.99. The zero-order valence-corrected chi connectivity index (χ0v) is 10.8. The lowest BCUT2D eigenvalue weighted by Gasteiger charge is -2.10. The third-order valence-corrected chi connectivity index (χ3v) is 2.75. The molecular formula is C13H15N3O3. The van der Waals surface area contributed by atoms with Crippen molar-refractivity contribution >= 4 is 11.7 Å². The minimum atomic E-state index is -1.10. The molecule has 0 aliphatic carbocycles. The average molecular weight is 261 g/mol. The molecule has 0 spiro atoms. The summed E-state index contributed by atoms with van der Waals surface area (Å²) in [6.45, 7) is 2.12. The zero-order valence-electron chi connectivity index (χ0n) is 10.8. The Labute approximate surface area is 110 Å². The average Bonchev–Trinajstić information content (AvgIpc) is 2.64. The van der Waals surface area contributed by atoms with E-state index in [9.17, 15) is 4.79 Å². The summed E-state index contributed by atoms with van der Waals surface area (Å²) < 4.78 is 7.23. The van der Waals surface area contributed by atoms with Gasteiger partial charge in [0, 0.05) is 12.7 Å². The molecule has 2 rings (SSSR count). The molecule has 3 N–H and O–H groups in total. The van der Waals surface area contributed by atoms with Crippen LogP contribution in [0.4, 0.5) is 5.69 Å². The number of ether oxygens (including phenoxy) is 1. The molecule has 1 aromatic heterocycles. The lowest BCUT2D eigenvalue weighted by molar-refractivity contribution is 0.0693. The maximum atomic E-state index is 11.1. The van der Waals surface area contributed by atoms with E-state index in [0.717, 1.165) is 11.4 Å². The Hall–Kier alpha value is -2.50. The molecule has 0 bridgehead atoms. The van der Waals surface area contributed by atoms with Crippen LogP contribution in [0, 0.1) is 6.92 Å². The van der Waals surface area contributed by atoms with Gasteiger partial charge in [-0.05, 0) is 25.1 Å². The van der Waals surface area contributed by atoms with Gasteiger partial charge in [-0.2, -0.15) is 5.10 Å². The maximum absolute atomic E-state index is 11.1. The Balaban J connectivity index is 2.22. The van der Waals surface area contributed by atoms with Gasteiger partial charge in [0.05, 0.1) is 11.4 Å². The number of hydrogen-bond acceptors (Lipinski definition) is 4. The normalized spacial score (nSPS) is 10.4. The fourth-order valence-electron chi connectivity index (χ4n) is 1.85. The fourth-order valence-corrected chi connectivity index (χ4v) is 1.85. The third kappa shape index (κ3) is 2.67. The molecule has 0 fully saturated rings. The highest BCUT2D eigenvalue weighted by molar-refractivity contribution is 5.96. The van der Waals surface area contributed by atoms with Crippen molar-refractivity contribution in [1.29, 1.82) is 0 Å². The third-order valence-electron chi connectivity index (χ3n) is 2.75. The highest BCUT2D eigenvalue weighted by Gasteiger charge is 2.15. The summed E-state index contributed by atoms with van der Waals surface area (Å²) in [6.07, 6.45) is 0. The van der Waals surface area contributed by atoms with E-state index in [0.29, 0.717) is 0 Å². The van der Waals surface area contributed by atoms with Crippen molar-refractivity contribution in [1.82, 2.24) is 9.78 Å². The number of aromatic carboxylic acids is 1. The number of nitrogen functional groups attached to an aromatic ring is 1. The van der Waals surface area contributed by atoms with Crippen molar-refractivity contribution < 1.29 is 14.6 Å². The number of hydrogen-bond donors (Lipinski definition) is 2. The van der Waals surface area contributed by atoms with Crippen LogP contribution in [0.5, 0.6) is 5.75 Å². The Morgan fingerprint density at radius 3 is 2.84 bits per heavy atom. The van der Waals surface area contributed by atoms with Gasteiger partial charge in [-0.3, -0.25) is 4.68 Å². The molecule has 0 saturated heterocycles. The van der Waals surface area contributed by atoms with Crippen LogP contribution in [0.1, 0.15) is 21.7 Å². The quantitative estimate of drug-likeness (QED) is 0.815. The maximum Gasteiger partial charge on any atom is 0.341 e. The van der Waals surface area contributed by atoms with Crippen LogP contribution in [0.15, 0.2) is 24.3 Å². The van der Waals surface area contributed by atoms with Crippen LogP contribution in [0.2, 0.25) is 0 Å². The lowest BCUT2D eigenvalue weighted by Crippen LogP contribution is -2.08. The van der Waals surface area contributed by atoms with Crippen LogP contribution < -0.4 is 10.5 Å². The lowest BCUT2D eigenvalue weighted by atomic mass is 10.1. The molecule has 0 amide bonds. The second-order valence-corrected chi connectivity index (χ2v) is 4.21. The Kier molecular flexibility index (Phi) is 3.41. The van der Waals surface area contributed by atoms with Crippen LogP contribution >= 0.6 is 0 Å². The molecule has 100 valence electrons. The van der Waals surface area contributed by atoms with Crippen LogP contribution in [-0.4, -0.2) is 20.9 Å². The van der Waals surface area contributed by atoms with E-state index >= 15 is 0 Å². The number of nitrogens with zero attached hydrogens (tertiary/aromatic N) is 2. The van der Waals surface area contributed by atoms with Gasteiger partial charge in [-0.1, -0.05) is 6.07 Å². The van der Waals surface area contributed by atoms with Crippen molar-refractivity contribution in [2.45, 2.75) is 13.5 Å². The molecule has 0 atom stereocenters. The van der Waals surface area contributed by atoms with Gasteiger partial charge in [-0.25, -0.2) is 4.79 Å². The SMILES string of the molecule is Cc1cc(COc2cccc(N)c2C(=O)O)n(C)n1. The van der Waals surface area contributed by atoms with E-state index < -0.39 is 5.97 Å². The van der Waals surface area contributed by atoms with Gasteiger partial charge in [-0.15, -0.1) is 0 Å². The smallest absolute Gasteiger partial charge is 0.341 e. The number of anilines is 1. The molecule has 1 heterocycles. The number of carbonyl (C=O) groups is 1. The van der Waals surface area contributed by atoms with Crippen molar-refractivity contribution in [3.05, 3.63) is 41.2 Å². The Morgan fingerprint density at radius 2 is 2.26 bits per heavy atom. The number of rotatable bonds is 4. The van der Waals surface area contributed by atoms with Crippen molar-refractivity contribution in [2.24, 2.45) is 7.05 Å². The zero-order chi connectivity index (χ0) is 14.0. The van der Waals surface area contributed by atoms with E-state index in [1.54, 1.807) is 16.8 Å². The number of carboxylic acids is 1. The molecule has 6 nitrogen and oxygen atoms in total. The molecule has 1 aromatic carbocycles. The molecule has 2 aromatic rings. The minimum Gasteiger partial charge on any atom is -0.486 e. The van der Waals surface area contributed by atoms with Gasteiger partial charge in [0.15, 0.2) is 0 Å². The van der Waals surface area contributed by atoms with Gasteiger partial charge < -0.3 is 15.6 Å². The van der Waals surface area contributed by atoms with E-state index in [1.165, 1.54) is 6.07 Å². The standard InChI is InChI=1S/C13H15N3O3/c1-8-6-9(16(2)15-8)7-19-11-5-3-4-10(14)12(11)13(17)18/h3-6H,7,14H2,1-2H3,(H,17,18). The summed E-state index contributed by atoms with van der Waals surface area (Å²) in [5.74, 6) is -0.847. The summed E-state index contributed by atoms with van der Waals surface area (Å²) in [5.41, 5.74) is 7.56. The highest BCUT2D eigenvalue weighted by Crippen LogP contribution is 2.25. The molecule has 19 heavy (non-hydrogen) atoms. The summed E-state index contributed by atoms with van der Waals surface area (Å²) >= 11 is 0. The molecule has 0 saturated carbocycles. The first kappa shape index (κ1) is 12.9. The second kappa shape index (κ2) is 5.01. The molecule has 6 heteroatoms.